The predicted octanol–water partition coefficient (Wildman–Crippen LogP) is 6.05. The summed E-state index contributed by atoms with van der Waals surface area (Å²) in [5.41, 5.74) is 4.88. The summed E-state index contributed by atoms with van der Waals surface area (Å²) in [6.07, 6.45) is 1.38. The first-order valence-electron chi connectivity index (χ1n) is 9.85. The van der Waals surface area contributed by atoms with Crippen molar-refractivity contribution >= 4 is 10.9 Å². The molecule has 1 saturated carbocycles. The molecule has 1 N–H and O–H groups in total. The number of nitrogens with one attached hydrogen (secondary N) is 1. The van der Waals surface area contributed by atoms with Crippen molar-refractivity contribution in [3.05, 3.63) is 66.4 Å². The number of alkyl halides is 3. The quantitative estimate of drug-likeness (QED) is 0.491. The molecule has 2 heterocycles. The van der Waals surface area contributed by atoms with Gasteiger partial charge in [-0.05, 0) is 55.0 Å². The Bertz CT molecular complexity index is 1000. The Labute approximate surface area is 168 Å². The van der Waals surface area contributed by atoms with Gasteiger partial charge < -0.3 is 4.98 Å². The lowest BCUT2D eigenvalue weighted by atomic mass is 10.1. The SMILES string of the molecule is C=CCN(Cc1ccc(-c2cc3ccc(C4CC4)cc3[nH]2)nc1)C(C)C(F)(F)F. The lowest BCUT2D eigenvalue weighted by molar-refractivity contribution is -0.178. The maximum Gasteiger partial charge on any atom is 0.403 e. The van der Waals surface area contributed by atoms with Crippen LogP contribution in [0.1, 0.15) is 36.8 Å². The molecule has 1 aliphatic rings. The first kappa shape index (κ1) is 19.7. The molecule has 6 heteroatoms. The summed E-state index contributed by atoms with van der Waals surface area (Å²) < 4.78 is 39.3. The summed E-state index contributed by atoms with van der Waals surface area (Å²) in [6, 6.07) is 10.7. The van der Waals surface area contributed by atoms with Crippen LogP contribution in [0.4, 0.5) is 13.2 Å². The highest BCUT2D eigenvalue weighted by Crippen LogP contribution is 2.41. The van der Waals surface area contributed by atoms with Crippen molar-refractivity contribution in [3.63, 3.8) is 0 Å². The Hall–Kier alpha value is -2.60. The van der Waals surface area contributed by atoms with E-state index in [4.69, 9.17) is 0 Å². The van der Waals surface area contributed by atoms with Gasteiger partial charge in [0.2, 0.25) is 0 Å². The summed E-state index contributed by atoms with van der Waals surface area (Å²) in [5, 5.41) is 1.13. The summed E-state index contributed by atoms with van der Waals surface area (Å²) in [7, 11) is 0. The highest BCUT2D eigenvalue weighted by molar-refractivity contribution is 5.85. The number of benzene rings is 1. The maximum atomic E-state index is 13.1. The number of H-pyrrole nitrogens is 1. The molecule has 1 unspecified atom stereocenters. The second-order valence-corrected chi connectivity index (χ2v) is 7.79. The fourth-order valence-electron chi connectivity index (χ4n) is 3.60. The maximum absolute atomic E-state index is 13.1. The molecular formula is C23H24F3N3. The number of halogens is 3. The summed E-state index contributed by atoms with van der Waals surface area (Å²) in [5.74, 6) is 0.696. The van der Waals surface area contributed by atoms with Crippen molar-refractivity contribution in [1.82, 2.24) is 14.9 Å². The Balaban J connectivity index is 1.52. The zero-order chi connectivity index (χ0) is 20.6. The smallest absolute Gasteiger partial charge is 0.353 e. The molecule has 1 aliphatic carbocycles. The average molecular weight is 399 g/mol. The molecule has 4 rings (SSSR count). The molecule has 1 atom stereocenters. The van der Waals surface area contributed by atoms with Crippen molar-refractivity contribution < 1.29 is 13.2 Å². The number of rotatable bonds is 7. The Morgan fingerprint density at radius 1 is 1.24 bits per heavy atom. The standard InChI is InChI=1S/C23H24F3N3/c1-3-10-29(15(2)23(24,25)26)14-16-4-9-20(27-13-16)22-12-19-8-7-18(17-5-6-17)11-21(19)28-22/h3-4,7-9,11-13,15,17,28H,1,5-6,10,14H2,2H3. The largest absolute Gasteiger partial charge is 0.403 e. The van der Waals surface area contributed by atoms with Gasteiger partial charge in [-0.15, -0.1) is 6.58 Å². The van der Waals surface area contributed by atoms with Crippen LogP contribution >= 0.6 is 0 Å². The lowest BCUT2D eigenvalue weighted by Gasteiger charge is -2.29. The van der Waals surface area contributed by atoms with Gasteiger partial charge in [0, 0.05) is 30.2 Å². The molecule has 152 valence electrons. The van der Waals surface area contributed by atoms with Gasteiger partial charge in [0.15, 0.2) is 0 Å². The van der Waals surface area contributed by atoms with Gasteiger partial charge in [0.25, 0.3) is 0 Å². The van der Waals surface area contributed by atoms with Gasteiger partial charge in [-0.1, -0.05) is 24.3 Å². The van der Waals surface area contributed by atoms with Crippen molar-refractivity contribution in [2.45, 2.75) is 44.4 Å². The molecule has 0 amide bonds. The molecule has 0 saturated heterocycles. The van der Waals surface area contributed by atoms with Crippen molar-refractivity contribution in [2.75, 3.05) is 6.54 Å². The van der Waals surface area contributed by atoms with Crippen LogP contribution in [0.5, 0.6) is 0 Å². The minimum Gasteiger partial charge on any atom is -0.353 e. The summed E-state index contributed by atoms with van der Waals surface area (Å²) in [6.45, 7) is 5.07. The zero-order valence-corrected chi connectivity index (χ0v) is 16.3. The fourth-order valence-corrected chi connectivity index (χ4v) is 3.60. The number of pyridine rings is 1. The highest BCUT2D eigenvalue weighted by Gasteiger charge is 2.39. The van der Waals surface area contributed by atoms with Crippen LogP contribution in [0.3, 0.4) is 0 Å². The number of hydrogen-bond donors (Lipinski definition) is 1. The molecule has 3 nitrogen and oxygen atoms in total. The van der Waals surface area contributed by atoms with Crippen LogP contribution in [0.25, 0.3) is 22.3 Å². The van der Waals surface area contributed by atoms with E-state index >= 15 is 0 Å². The molecule has 29 heavy (non-hydrogen) atoms. The van der Waals surface area contributed by atoms with Crippen LogP contribution in [0, 0.1) is 0 Å². The third kappa shape index (κ3) is 4.37. The van der Waals surface area contributed by atoms with E-state index in [9.17, 15) is 13.2 Å². The fraction of sp³-hybridized carbons (Fsp3) is 0.348. The Kier molecular flexibility index (Phi) is 5.21. The lowest BCUT2D eigenvalue weighted by Crippen LogP contribution is -2.43. The molecule has 0 radical (unpaired) electrons. The van der Waals surface area contributed by atoms with Crippen molar-refractivity contribution in [1.29, 1.82) is 0 Å². The molecule has 3 aromatic rings. The van der Waals surface area contributed by atoms with E-state index in [0.717, 1.165) is 27.9 Å². The van der Waals surface area contributed by atoms with Crippen LogP contribution in [0.15, 0.2) is 55.3 Å². The normalized spacial score (nSPS) is 15.8. The number of fused-ring (bicyclic) bond motifs is 1. The third-order valence-electron chi connectivity index (χ3n) is 5.57. The number of nitrogens with zero attached hydrogens (tertiary/aromatic N) is 2. The van der Waals surface area contributed by atoms with Crippen molar-refractivity contribution in [2.24, 2.45) is 0 Å². The summed E-state index contributed by atoms with van der Waals surface area (Å²) in [4.78, 5) is 9.24. The number of aromatic amines is 1. The van der Waals surface area contributed by atoms with Gasteiger partial charge in [-0.3, -0.25) is 9.88 Å². The number of aromatic nitrogens is 2. The van der Waals surface area contributed by atoms with E-state index in [2.05, 4.69) is 40.8 Å². The second-order valence-electron chi connectivity index (χ2n) is 7.79. The van der Waals surface area contributed by atoms with E-state index in [1.807, 2.05) is 12.1 Å². The van der Waals surface area contributed by atoms with Gasteiger partial charge in [-0.25, -0.2) is 0 Å². The van der Waals surface area contributed by atoms with Crippen LogP contribution in [-0.2, 0) is 6.54 Å². The van der Waals surface area contributed by atoms with Crippen molar-refractivity contribution in [3.8, 4) is 11.4 Å². The van der Waals surface area contributed by atoms with Crippen LogP contribution < -0.4 is 0 Å². The van der Waals surface area contributed by atoms with E-state index in [1.54, 1.807) is 6.20 Å². The first-order chi connectivity index (χ1) is 13.8. The molecular weight excluding hydrogens is 375 g/mol. The molecule has 2 aromatic heterocycles. The molecule has 0 bridgehead atoms. The molecule has 1 aromatic carbocycles. The zero-order valence-electron chi connectivity index (χ0n) is 16.3. The van der Waals surface area contributed by atoms with Crippen LogP contribution in [0.2, 0.25) is 0 Å². The minimum atomic E-state index is -4.28. The van der Waals surface area contributed by atoms with Gasteiger partial charge in [-0.2, -0.15) is 13.2 Å². The van der Waals surface area contributed by atoms with E-state index in [0.29, 0.717) is 5.92 Å². The van der Waals surface area contributed by atoms with E-state index in [-0.39, 0.29) is 13.1 Å². The predicted molar refractivity (Wildman–Crippen MR) is 110 cm³/mol. The van der Waals surface area contributed by atoms with E-state index < -0.39 is 12.2 Å². The highest BCUT2D eigenvalue weighted by atomic mass is 19.4. The molecule has 0 spiro atoms. The Morgan fingerprint density at radius 3 is 2.66 bits per heavy atom. The first-order valence-corrected chi connectivity index (χ1v) is 9.85. The summed E-state index contributed by atoms with van der Waals surface area (Å²) >= 11 is 0. The molecule has 0 aliphatic heterocycles. The van der Waals surface area contributed by atoms with Gasteiger partial charge in [0.05, 0.1) is 11.4 Å². The second kappa shape index (κ2) is 7.67. The minimum absolute atomic E-state index is 0.160. The van der Waals surface area contributed by atoms with E-state index in [1.165, 1.54) is 36.3 Å². The monoisotopic (exact) mass is 399 g/mol. The number of hydrogen-bond acceptors (Lipinski definition) is 2. The van der Waals surface area contributed by atoms with Gasteiger partial charge in [0.1, 0.15) is 6.04 Å². The van der Waals surface area contributed by atoms with Gasteiger partial charge >= 0.3 is 6.18 Å². The average Bonchev–Trinajstić information content (AvgIpc) is 3.45. The Morgan fingerprint density at radius 2 is 2.03 bits per heavy atom. The molecule has 1 fully saturated rings. The topological polar surface area (TPSA) is 31.9 Å². The third-order valence-corrected chi connectivity index (χ3v) is 5.57. The van der Waals surface area contributed by atoms with Crippen LogP contribution in [-0.4, -0.2) is 33.6 Å².